The molecule has 6 aliphatic rings. The number of benzene rings is 4. The second-order valence-electron chi connectivity index (χ2n) is 18.8. The molecular formula is C50H59N2+. The largest absolute Gasteiger partial charge is 0.261 e. The molecule has 2 saturated carbocycles. The molecule has 0 radical (unpaired) electrons. The monoisotopic (exact) mass is 687 g/mol. The lowest BCUT2D eigenvalue weighted by molar-refractivity contribution is -0.588. The molecule has 10 rings (SSSR count). The second kappa shape index (κ2) is 11.7. The van der Waals surface area contributed by atoms with Gasteiger partial charge in [0.1, 0.15) is 13.1 Å². The lowest BCUT2D eigenvalue weighted by atomic mass is 9.71. The molecule has 0 N–H and O–H groups in total. The zero-order chi connectivity index (χ0) is 35.7. The van der Waals surface area contributed by atoms with Crippen LogP contribution in [0.3, 0.4) is 0 Å². The zero-order valence-electron chi connectivity index (χ0n) is 33.0. The van der Waals surface area contributed by atoms with Crippen LogP contribution in [0.1, 0.15) is 142 Å². The van der Waals surface area contributed by atoms with E-state index in [9.17, 15) is 0 Å². The van der Waals surface area contributed by atoms with Gasteiger partial charge in [0.05, 0.1) is 23.4 Å². The maximum atomic E-state index is 3.04. The first-order chi connectivity index (χ1) is 25.1. The number of hydrogen-bond acceptors (Lipinski definition) is 1. The summed E-state index contributed by atoms with van der Waals surface area (Å²) in [7, 11) is 0. The van der Waals surface area contributed by atoms with E-state index in [4.69, 9.17) is 0 Å². The minimum atomic E-state index is -0.0991. The van der Waals surface area contributed by atoms with Gasteiger partial charge in [-0.3, -0.25) is 9.48 Å². The third kappa shape index (κ3) is 4.45. The Morgan fingerprint density at radius 1 is 0.750 bits per heavy atom. The smallest absolute Gasteiger partial charge is 0.249 e. The van der Waals surface area contributed by atoms with Crippen LogP contribution in [-0.2, 0) is 17.3 Å². The Hall–Kier alpha value is -3.65. The van der Waals surface area contributed by atoms with Crippen molar-refractivity contribution in [3.05, 3.63) is 105 Å². The summed E-state index contributed by atoms with van der Waals surface area (Å²) < 4.78 is 3.04. The zero-order valence-corrected chi connectivity index (χ0v) is 33.0. The summed E-state index contributed by atoms with van der Waals surface area (Å²) in [6.07, 6.45) is 14.7. The van der Waals surface area contributed by atoms with E-state index < -0.39 is 0 Å². The quantitative estimate of drug-likeness (QED) is 0.194. The Morgan fingerprint density at radius 2 is 1.44 bits per heavy atom. The summed E-state index contributed by atoms with van der Waals surface area (Å²) in [5, 5.41) is 3.02. The molecule has 0 bridgehead atoms. The molecule has 2 heteroatoms. The van der Waals surface area contributed by atoms with Crippen molar-refractivity contribution in [3.63, 3.8) is 0 Å². The van der Waals surface area contributed by atoms with Crippen LogP contribution >= 0.6 is 0 Å². The van der Waals surface area contributed by atoms with E-state index in [2.05, 4.69) is 113 Å². The van der Waals surface area contributed by atoms with Gasteiger partial charge in [0.15, 0.2) is 0 Å². The molecule has 0 aromatic heterocycles. The summed E-state index contributed by atoms with van der Waals surface area (Å²) in [6, 6.07) is 23.5. The van der Waals surface area contributed by atoms with E-state index in [-0.39, 0.29) is 10.8 Å². The number of allylic oxidation sites excluding steroid dienone is 2. The minimum Gasteiger partial charge on any atom is -0.261 e. The van der Waals surface area contributed by atoms with Crippen molar-refractivity contribution >= 4 is 27.8 Å². The van der Waals surface area contributed by atoms with Gasteiger partial charge < -0.3 is 0 Å². The van der Waals surface area contributed by atoms with Crippen LogP contribution in [0.25, 0.3) is 33.0 Å². The van der Waals surface area contributed by atoms with Crippen molar-refractivity contribution in [3.8, 4) is 11.1 Å². The highest BCUT2D eigenvalue weighted by molar-refractivity contribution is 6.12. The van der Waals surface area contributed by atoms with Gasteiger partial charge in [0, 0.05) is 5.41 Å². The number of amidine groups is 1. The molecule has 5 aliphatic carbocycles. The van der Waals surface area contributed by atoms with Crippen LogP contribution in [0.4, 0.5) is 0 Å². The molecule has 268 valence electrons. The first-order valence-electron chi connectivity index (χ1n) is 21.1. The minimum absolute atomic E-state index is 0.0191. The van der Waals surface area contributed by atoms with E-state index in [1.165, 1.54) is 103 Å². The predicted molar refractivity (Wildman–Crippen MR) is 220 cm³/mol. The Labute approximate surface area is 313 Å². The van der Waals surface area contributed by atoms with E-state index >= 15 is 0 Å². The summed E-state index contributed by atoms with van der Waals surface area (Å²) in [4.78, 5) is 3.04. The van der Waals surface area contributed by atoms with Crippen molar-refractivity contribution in [1.29, 1.82) is 0 Å². The highest BCUT2D eigenvalue weighted by Gasteiger charge is 2.57. The van der Waals surface area contributed by atoms with Gasteiger partial charge >= 0.3 is 0 Å². The van der Waals surface area contributed by atoms with Gasteiger partial charge in [-0.2, -0.15) is 0 Å². The molecule has 1 aliphatic heterocycles. The predicted octanol–water partition coefficient (Wildman–Crippen LogP) is 11.8. The average molecular weight is 688 g/mol. The summed E-state index contributed by atoms with van der Waals surface area (Å²) >= 11 is 0. The lowest BCUT2D eigenvalue weighted by Gasteiger charge is -2.46. The first kappa shape index (κ1) is 33.0. The van der Waals surface area contributed by atoms with Crippen LogP contribution in [0, 0.1) is 26.7 Å². The van der Waals surface area contributed by atoms with Gasteiger partial charge in [0.25, 0.3) is 0 Å². The van der Waals surface area contributed by atoms with Crippen LogP contribution in [0.15, 0.2) is 54.6 Å². The maximum absolute atomic E-state index is 3.04. The van der Waals surface area contributed by atoms with Crippen molar-refractivity contribution in [2.45, 2.75) is 142 Å². The van der Waals surface area contributed by atoms with Crippen LogP contribution in [0.5, 0.6) is 0 Å². The van der Waals surface area contributed by atoms with Gasteiger partial charge in [-0.1, -0.05) is 101 Å². The molecule has 4 aromatic carbocycles. The number of aryl methyl sites for hydroxylation is 3. The summed E-state index contributed by atoms with van der Waals surface area (Å²) in [5.74, 6) is 2.19. The lowest BCUT2D eigenvalue weighted by Crippen LogP contribution is -2.62. The molecule has 1 heterocycles. The molecule has 1 atom stereocenters. The van der Waals surface area contributed by atoms with Crippen molar-refractivity contribution in [2.75, 3.05) is 13.1 Å². The van der Waals surface area contributed by atoms with Crippen molar-refractivity contribution < 1.29 is 4.58 Å². The van der Waals surface area contributed by atoms with Crippen molar-refractivity contribution in [1.82, 2.24) is 4.90 Å². The number of rotatable bonds is 3. The van der Waals surface area contributed by atoms with Crippen LogP contribution in [0.2, 0.25) is 0 Å². The maximum Gasteiger partial charge on any atom is 0.249 e. The highest BCUT2D eigenvalue weighted by Crippen LogP contribution is 2.63. The molecule has 0 amide bonds. The summed E-state index contributed by atoms with van der Waals surface area (Å²) in [5.41, 5.74) is 19.9. The molecule has 2 fully saturated rings. The molecule has 1 unspecified atom stereocenters. The van der Waals surface area contributed by atoms with E-state index in [1.54, 1.807) is 50.4 Å². The topological polar surface area (TPSA) is 6.25 Å². The molecule has 52 heavy (non-hydrogen) atoms. The first-order valence-corrected chi connectivity index (χ1v) is 21.1. The fourth-order valence-electron chi connectivity index (χ4n) is 12.9. The van der Waals surface area contributed by atoms with Crippen molar-refractivity contribution in [2.24, 2.45) is 5.92 Å². The van der Waals surface area contributed by atoms with Gasteiger partial charge in [-0.15, -0.1) is 0 Å². The molecule has 4 aromatic rings. The second-order valence-corrected chi connectivity index (χ2v) is 18.8. The highest BCUT2D eigenvalue weighted by atomic mass is 15.3. The Balaban J connectivity index is 1.31. The SMILES string of the molecule is Cc1cc(C)c2c(C)cc3c(c2c1)C1(CN(C2CCCCC2)C(C(C)C)=[N+](C2CCCCC2)C1)c1ccc2c(c1-3)C1=C(c3ccccc3C1)C2(C)C. The Kier molecular flexibility index (Phi) is 7.40. The number of fused-ring (bicyclic) bond motifs is 12. The fourth-order valence-corrected chi connectivity index (χ4v) is 12.9. The molecular weight excluding hydrogens is 629 g/mol. The summed E-state index contributed by atoms with van der Waals surface area (Å²) in [6.45, 7) is 19.3. The van der Waals surface area contributed by atoms with Gasteiger partial charge in [-0.05, 0) is 156 Å². The van der Waals surface area contributed by atoms with Gasteiger partial charge in [-0.25, -0.2) is 0 Å². The standard InChI is InChI=1S/C50H59N2/c1-30(2)48-51(35-17-10-8-11-18-35)28-50(29-52(48)36-19-12-9-13-20-36)42-23-22-41-44(40-27-34-16-14-15-21-37(34)46(40)49(41,6)7)45(42)39-26-33(5)43-32(4)24-31(3)25-38(43)47(39)50/h14-16,21-26,30,35-36H,8-13,17-20,27-29H2,1-7H3/q+1. The van der Waals surface area contributed by atoms with Crippen LogP contribution < -0.4 is 0 Å². The molecule has 1 spiro atoms. The number of nitrogens with zero attached hydrogens (tertiary/aromatic N) is 2. The van der Waals surface area contributed by atoms with E-state index in [0.29, 0.717) is 18.0 Å². The van der Waals surface area contributed by atoms with E-state index in [1.807, 2.05) is 0 Å². The normalized spacial score (nSPS) is 23.9. The Morgan fingerprint density at radius 3 is 2.19 bits per heavy atom. The third-order valence-corrected chi connectivity index (χ3v) is 14.8. The fraction of sp³-hybridized carbons (Fsp3) is 0.500. The van der Waals surface area contributed by atoms with Gasteiger partial charge in [0.2, 0.25) is 5.84 Å². The van der Waals surface area contributed by atoms with Crippen LogP contribution in [-0.4, -0.2) is 40.5 Å². The average Bonchev–Trinajstić information content (AvgIpc) is 3.73. The molecule has 2 nitrogen and oxygen atoms in total. The van der Waals surface area contributed by atoms with E-state index in [0.717, 1.165) is 19.5 Å². The number of hydrogen-bond donors (Lipinski definition) is 0. The third-order valence-electron chi connectivity index (χ3n) is 14.8. The molecule has 0 saturated heterocycles. The Bertz CT molecular complexity index is 2230.